The number of aryl methyl sites for hydroxylation is 2. The van der Waals surface area contributed by atoms with E-state index in [4.69, 9.17) is 9.63 Å². The van der Waals surface area contributed by atoms with Gasteiger partial charge in [-0.1, -0.05) is 37.3 Å². The molecule has 25 heavy (non-hydrogen) atoms. The average molecular weight is 350 g/mol. The smallest absolute Gasteiger partial charge is 0.303 e. The van der Waals surface area contributed by atoms with Gasteiger partial charge in [-0.2, -0.15) is 0 Å². The van der Waals surface area contributed by atoms with Gasteiger partial charge in [0.1, 0.15) is 5.76 Å². The number of carbonyl (C=O) groups is 2. The van der Waals surface area contributed by atoms with E-state index in [1.165, 1.54) is 32.1 Å². The molecule has 1 unspecified atom stereocenters. The van der Waals surface area contributed by atoms with Crippen molar-refractivity contribution in [3.63, 3.8) is 0 Å². The number of nitrogens with zero attached hydrogens (tertiary/aromatic N) is 1. The highest BCUT2D eigenvalue weighted by atomic mass is 16.5. The van der Waals surface area contributed by atoms with Gasteiger partial charge in [-0.3, -0.25) is 9.59 Å². The minimum Gasteiger partial charge on any atom is -0.481 e. The van der Waals surface area contributed by atoms with Crippen LogP contribution in [-0.4, -0.2) is 28.2 Å². The Kier molecular flexibility index (Phi) is 7.47. The largest absolute Gasteiger partial charge is 0.481 e. The molecule has 140 valence electrons. The Labute approximate surface area is 149 Å². The van der Waals surface area contributed by atoms with Crippen molar-refractivity contribution in [2.45, 2.75) is 84.1 Å². The van der Waals surface area contributed by atoms with E-state index in [9.17, 15) is 9.59 Å². The van der Waals surface area contributed by atoms with Gasteiger partial charge in [0.2, 0.25) is 5.91 Å². The summed E-state index contributed by atoms with van der Waals surface area (Å²) in [5, 5.41) is 15.9. The molecular weight excluding hydrogens is 320 g/mol. The fourth-order valence-electron chi connectivity index (χ4n) is 3.77. The third-order valence-electron chi connectivity index (χ3n) is 5.20. The van der Waals surface area contributed by atoms with Gasteiger partial charge in [0.15, 0.2) is 0 Å². The summed E-state index contributed by atoms with van der Waals surface area (Å²) in [5.41, 5.74) is 1.82. The maximum Gasteiger partial charge on any atom is 0.303 e. The molecule has 2 N–H and O–H groups in total. The van der Waals surface area contributed by atoms with E-state index in [-0.39, 0.29) is 18.4 Å². The van der Waals surface area contributed by atoms with Crippen LogP contribution in [0.25, 0.3) is 0 Å². The summed E-state index contributed by atoms with van der Waals surface area (Å²) >= 11 is 0. The molecule has 1 atom stereocenters. The first kappa shape index (κ1) is 19.5. The van der Waals surface area contributed by atoms with Crippen LogP contribution < -0.4 is 5.32 Å². The van der Waals surface area contributed by atoms with Crippen molar-refractivity contribution in [1.29, 1.82) is 0 Å². The Balaban J connectivity index is 1.85. The Bertz CT molecular complexity index is 556. The molecule has 2 rings (SSSR count). The van der Waals surface area contributed by atoms with Crippen molar-refractivity contribution in [2.75, 3.05) is 0 Å². The lowest BCUT2D eigenvalue weighted by molar-refractivity contribution is -0.137. The summed E-state index contributed by atoms with van der Waals surface area (Å²) in [6.45, 7) is 3.73. The Hall–Kier alpha value is -1.85. The number of hydrogen-bond acceptors (Lipinski definition) is 4. The van der Waals surface area contributed by atoms with Crippen molar-refractivity contribution in [3.8, 4) is 0 Å². The van der Waals surface area contributed by atoms with Gasteiger partial charge in [0.25, 0.3) is 0 Å². The summed E-state index contributed by atoms with van der Waals surface area (Å²) < 4.78 is 5.13. The van der Waals surface area contributed by atoms with E-state index in [0.717, 1.165) is 23.4 Å². The molecule has 1 aliphatic rings. The SMILES string of the molecule is Cc1noc(C)c1CCC(=O)NC(CCC(=O)O)CC1CCCCC1. The zero-order valence-electron chi connectivity index (χ0n) is 15.3. The number of nitrogens with one attached hydrogen (secondary N) is 1. The Morgan fingerprint density at radius 1 is 1.24 bits per heavy atom. The molecule has 0 aromatic carbocycles. The van der Waals surface area contributed by atoms with Crippen LogP contribution in [0.15, 0.2) is 4.52 Å². The fourth-order valence-corrected chi connectivity index (χ4v) is 3.77. The van der Waals surface area contributed by atoms with Gasteiger partial charge in [-0.25, -0.2) is 0 Å². The van der Waals surface area contributed by atoms with E-state index in [1.54, 1.807) is 0 Å². The molecule has 0 radical (unpaired) electrons. The molecule has 1 aliphatic carbocycles. The Morgan fingerprint density at radius 2 is 1.96 bits per heavy atom. The predicted octanol–water partition coefficient (Wildman–Crippen LogP) is 3.54. The Morgan fingerprint density at radius 3 is 2.56 bits per heavy atom. The first-order valence-electron chi connectivity index (χ1n) is 9.38. The second-order valence-corrected chi connectivity index (χ2v) is 7.24. The molecule has 1 amide bonds. The van der Waals surface area contributed by atoms with E-state index in [2.05, 4.69) is 10.5 Å². The van der Waals surface area contributed by atoms with Gasteiger partial charge in [0, 0.05) is 24.4 Å². The normalized spacial score (nSPS) is 16.6. The predicted molar refractivity (Wildman–Crippen MR) is 94.3 cm³/mol. The molecule has 0 bridgehead atoms. The van der Waals surface area contributed by atoms with E-state index < -0.39 is 5.97 Å². The molecule has 6 heteroatoms. The molecule has 1 heterocycles. The van der Waals surface area contributed by atoms with Crippen molar-refractivity contribution in [1.82, 2.24) is 10.5 Å². The highest BCUT2D eigenvalue weighted by molar-refractivity contribution is 5.76. The minimum absolute atomic E-state index is 0.0220. The van der Waals surface area contributed by atoms with Gasteiger partial charge in [-0.05, 0) is 39.0 Å². The number of carbonyl (C=O) groups excluding carboxylic acids is 1. The zero-order valence-corrected chi connectivity index (χ0v) is 15.3. The van der Waals surface area contributed by atoms with E-state index in [1.807, 2.05) is 13.8 Å². The van der Waals surface area contributed by atoms with Gasteiger partial charge in [-0.15, -0.1) is 0 Å². The molecular formula is C19H30N2O4. The lowest BCUT2D eigenvalue weighted by atomic mass is 9.84. The van der Waals surface area contributed by atoms with Crippen LogP contribution >= 0.6 is 0 Å². The van der Waals surface area contributed by atoms with Crippen molar-refractivity contribution >= 4 is 11.9 Å². The first-order valence-corrected chi connectivity index (χ1v) is 9.38. The molecule has 0 aliphatic heterocycles. The molecule has 1 aromatic rings. The average Bonchev–Trinajstić information content (AvgIpc) is 2.90. The summed E-state index contributed by atoms with van der Waals surface area (Å²) in [6.07, 6.45) is 8.64. The number of aliphatic carboxylic acids is 1. The summed E-state index contributed by atoms with van der Waals surface area (Å²) in [5.74, 6) is 0.537. The third kappa shape index (κ3) is 6.52. The van der Waals surface area contributed by atoms with E-state index >= 15 is 0 Å². The van der Waals surface area contributed by atoms with Crippen LogP contribution in [0, 0.1) is 19.8 Å². The molecule has 1 fully saturated rings. The number of carboxylic acid groups (broad SMARTS) is 1. The van der Waals surface area contributed by atoms with Crippen molar-refractivity contribution in [2.24, 2.45) is 5.92 Å². The summed E-state index contributed by atoms with van der Waals surface area (Å²) in [7, 11) is 0. The van der Waals surface area contributed by atoms with Crippen molar-refractivity contribution in [3.05, 3.63) is 17.0 Å². The lowest BCUT2D eigenvalue weighted by Gasteiger charge is -2.27. The van der Waals surface area contributed by atoms with Gasteiger partial charge in [0.05, 0.1) is 5.69 Å². The molecule has 0 saturated heterocycles. The van der Waals surface area contributed by atoms with Crippen LogP contribution in [-0.2, 0) is 16.0 Å². The van der Waals surface area contributed by atoms with Crippen LogP contribution in [0.3, 0.4) is 0 Å². The molecule has 6 nitrogen and oxygen atoms in total. The zero-order chi connectivity index (χ0) is 18.2. The summed E-state index contributed by atoms with van der Waals surface area (Å²) in [4.78, 5) is 23.3. The highest BCUT2D eigenvalue weighted by Gasteiger charge is 2.21. The fraction of sp³-hybridized carbons (Fsp3) is 0.737. The number of carboxylic acids is 1. The molecule has 1 aromatic heterocycles. The monoisotopic (exact) mass is 350 g/mol. The lowest BCUT2D eigenvalue weighted by Crippen LogP contribution is -2.37. The van der Waals surface area contributed by atoms with Crippen LogP contribution in [0.4, 0.5) is 0 Å². The van der Waals surface area contributed by atoms with E-state index in [0.29, 0.717) is 25.2 Å². The van der Waals surface area contributed by atoms with Crippen LogP contribution in [0.1, 0.15) is 74.8 Å². The standard InChI is InChI=1S/C19H30N2O4/c1-13-17(14(2)25-21-13)9-10-18(22)20-16(8-11-19(23)24)12-15-6-4-3-5-7-15/h15-16H,3-12H2,1-2H3,(H,20,22)(H,23,24). The highest BCUT2D eigenvalue weighted by Crippen LogP contribution is 2.28. The second-order valence-electron chi connectivity index (χ2n) is 7.24. The second kappa shape index (κ2) is 9.59. The molecule has 1 saturated carbocycles. The number of aromatic nitrogens is 1. The maximum atomic E-state index is 12.3. The first-order chi connectivity index (χ1) is 12.0. The number of rotatable bonds is 9. The minimum atomic E-state index is -0.807. The van der Waals surface area contributed by atoms with Crippen LogP contribution in [0.5, 0.6) is 0 Å². The van der Waals surface area contributed by atoms with Crippen molar-refractivity contribution < 1.29 is 19.2 Å². The van der Waals surface area contributed by atoms with Gasteiger partial charge >= 0.3 is 5.97 Å². The topological polar surface area (TPSA) is 92.4 Å². The molecule has 0 spiro atoms. The number of hydrogen-bond donors (Lipinski definition) is 2. The maximum absolute atomic E-state index is 12.3. The third-order valence-corrected chi connectivity index (χ3v) is 5.20. The summed E-state index contributed by atoms with van der Waals surface area (Å²) in [6, 6.07) is -0.0450. The van der Waals surface area contributed by atoms with Crippen LogP contribution in [0.2, 0.25) is 0 Å². The van der Waals surface area contributed by atoms with Gasteiger partial charge < -0.3 is 14.9 Å². The quantitative estimate of drug-likeness (QED) is 0.710. The number of amides is 1.